The molecule has 22 heavy (non-hydrogen) atoms. The Kier molecular flexibility index (Phi) is 6.76. The molecule has 2 rings (SSSR count). The smallest absolute Gasteiger partial charge is 0.251 e. The highest BCUT2D eigenvalue weighted by molar-refractivity contribution is 9.10. The first kappa shape index (κ1) is 17.3. The van der Waals surface area contributed by atoms with Crippen molar-refractivity contribution in [2.75, 3.05) is 6.54 Å². The van der Waals surface area contributed by atoms with Gasteiger partial charge in [-0.15, -0.1) is 0 Å². The van der Waals surface area contributed by atoms with Crippen LogP contribution in [0, 0.1) is 11.3 Å². The number of nitrogens with two attached hydrogens (primary N) is 1. The molecule has 0 aromatic heterocycles. The minimum atomic E-state index is -0.0303. The molecule has 1 aromatic carbocycles. The standard InChI is InChI=1S/C16H22BrN3OS/c17-13-6-7-14(12(8-13)10-22-16(18)19)15(21)20-9-11-4-2-1-3-5-11/h6-8,11H,1-5,9-10H2,(H3,18,19)(H,20,21). The summed E-state index contributed by atoms with van der Waals surface area (Å²) in [6.07, 6.45) is 6.31. The summed E-state index contributed by atoms with van der Waals surface area (Å²) in [4.78, 5) is 12.4. The molecule has 1 saturated carbocycles. The lowest BCUT2D eigenvalue weighted by Gasteiger charge is -2.22. The molecule has 0 unspecified atom stereocenters. The average Bonchev–Trinajstić information content (AvgIpc) is 2.51. The molecule has 0 heterocycles. The Bertz CT molecular complexity index is 544. The summed E-state index contributed by atoms with van der Waals surface area (Å²) in [7, 11) is 0. The van der Waals surface area contributed by atoms with Crippen LogP contribution in [0.5, 0.6) is 0 Å². The second kappa shape index (κ2) is 8.58. The van der Waals surface area contributed by atoms with E-state index < -0.39 is 0 Å². The number of carbonyl (C=O) groups is 1. The van der Waals surface area contributed by atoms with E-state index in [0.29, 0.717) is 17.2 Å². The highest BCUT2D eigenvalue weighted by Crippen LogP contribution is 2.24. The molecule has 1 aliphatic carbocycles. The number of thioether (sulfide) groups is 1. The molecular formula is C16H22BrN3OS. The third-order valence-corrected chi connectivity index (χ3v) is 5.23. The lowest BCUT2D eigenvalue weighted by molar-refractivity contribution is 0.0943. The van der Waals surface area contributed by atoms with E-state index >= 15 is 0 Å². The van der Waals surface area contributed by atoms with Gasteiger partial charge < -0.3 is 11.1 Å². The summed E-state index contributed by atoms with van der Waals surface area (Å²) in [5.74, 6) is 1.11. The lowest BCUT2D eigenvalue weighted by Crippen LogP contribution is -2.30. The van der Waals surface area contributed by atoms with Gasteiger partial charge in [0.15, 0.2) is 5.17 Å². The minimum absolute atomic E-state index is 0.0303. The van der Waals surface area contributed by atoms with Gasteiger partial charge in [0, 0.05) is 22.3 Å². The maximum atomic E-state index is 12.4. The van der Waals surface area contributed by atoms with Crippen LogP contribution >= 0.6 is 27.7 Å². The molecule has 0 spiro atoms. The third kappa shape index (κ3) is 5.32. The van der Waals surface area contributed by atoms with Crippen molar-refractivity contribution in [3.63, 3.8) is 0 Å². The van der Waals surface area contributed by atoms with Gasteiger partial charge in [-0.1, -0.05) is 47.0 Å². The largest absolute Gasteiger partial charge is 0.379 e. The Balaban J connectivity index is 1.99. The van der Waals surface area contributed by atoms with E-state index in [2.05, 4.69) is 21.2 Å². The topological polar surface area (TPSA) is 79.0 Å². The molecular weight excluding hydrogens is 362 g/mol. The molecule has 0 bridgehead atoms. The lowest BCUT2D eigenvalue weighted by atomic mass is 9.89. The normalized spacial score (nSPS) is 15.5. The van der Waals surface area contributed by atoms with Gasteiger partial charge in [-0.3, -0.25) is 10.2 Å². The van der Waals surface area contributed by atoms with Crippen LogP contribution in [0.25, 0.3) is 0 Å². The highest BCUT2D eigenvalue weighted by Gasteiger charge is 2.16. The summed E-state index contributed by atoms with van der Waals surface area (Å²) in [6, 6.07) is 5.62. The second-order valence-electron chi connectivity index (χ2n) is 5.67. The summed E-state index contributed by atoms with van der Waals surface area (Å²) >= 11 is 4.66. The Morgan fingerprint density at radius 2 is 2.09 bits per heavy atom. The molecule has 0 aliphatic heterocycles. The van der Waals surface area contributed by atoms with Crippen molar-refractivity contribution in [2.45, 2.75) is 37.9 Å². The number of hydrogen-bond acceptors (Lipinski definition) is 3. The van der Waals surface area contributed by atoms with Crippen molar-refractivity contribution in [3.8, 4) is 0 Å². The van der Waals surface area contributed by atoms with E-state index in [0.717, 1.165) is 16.6 Å². The fraction of sp³-hybridized carbons (Fsp3) is 0.500. The fourth-order valence-corrected chi connectivity index (χ4v) is 3.74. The van der Waals surface area contributed by atoms with Crippen LogP contribution in [0.1, 0.15) is 48.0 Å². The van der Waals surface area contributed by atoms with E-state index in [1.165, 1.54) is 43.9 Å². The van der Waals surface area contributed by atoms with Crippen LogP contribution in [-0.2, 0) is 5.75 Å². The Labute approximate surface area is 144 Å². The van der Waals surface area contributed by atoms with Crippen molar-refractivity contribution < 1.29 is 4.79 Å². The fourth-order valence-electron chi connectivity index (χ4n) is 2.78. The number of hydrogen-bond donors (Lipinski definition) is 3. The van der Waals surface area contributed by atoms with Crippen LogP contribution in [0.3, 0.4) is 0 Å². The Morgan fingerprint density at radius 3 is 2.77 bits per heavy atom. The quantitative estimate of drug-likeness (QED) is 0.532. The van der Waals surface area contributed by atoms with Crippen LogP contribution in [-0.4, -0.2) is 17.6 Å². The number of benzene rings is 1. The molecule has 1 fully saturated rings. The van der Waals surface area contributed by atoms with Crippen LogP contribution in [0.4, 0.5) is 0 Å². The number of amidine groups is 1. The third-order valence-electron chi connectivity index (χ3n) is 3.97. The average molecular weight is 384 g/mol. The van der Waals surface area contributed by atoms with Crippen molar-refractivity contribution >= 4 is 38.8 Å². The van der Waals surface area contributed by atoms with Gasteiger partial charge in [-0.25, -0.2) is 0 Å². The molecule has 0 radical (unpaired) electrons. The molecule has 0 saturated heterocycles. The predicted octanol–water partition coefficient (Wildman–Crippen LogP) is 3.89. The molecule has 120 valence electrons. The van der Waals surface area contributed by atoms with Gasteiger partial charge in [-0.05, 0) is 42.5 Å². The van der Waals surface area contributed by atoms with Gasteiger partial charge >= 0.3 is 0 Å². The van der Waals surface area contributed by atoms with Gasteiger partial charge in [0.05, 0.1) is 0 Å². The predicted molar refractivity (Wildman–Crippen MR) is 96.3 cm³/mol. The van der Waals surface area contributed by atoms with Crippen LogP contribution < -0.4 is 11.1 Å². The highest BCUT2D eigenvalue weighted by atomic mass is 79.9. The SMILES string of the molecule is N=C(N)SCc1cc(Br)ccc1C(=O)NCC1CCCCC1. The molecule has 1 aliphatic rings. The van der Waals surface area contributed by atoms with Gasteiger partial charge in [-0.2, -0.15) is 0 Å². The van der Waals surface area contributed by atoms with Crippen molar-refractivity contribution in [1.29, 1.82) is 5.41 Å². The van der Waals surface area contributed by atoms with Crippen molar-refractivity contribution in [2.24, 2.45) is 11.7 Å². The first-order valence-electron chi connectivity index (χ1n) is 7.59. The molecule has 0 atom stereocenters. The zero-order valence-corrected chi connectivity index (χ0v) is 14.9. The van der Waals surface area contributed by atoms with Gasteiger partial charge in [0.1, 0.15) is 0 Å². The zero-order chi connectivity index (χ0) is 15.9. The summed E-state index contributed by atoms with van der Waals surface area (Å²) in [5, 5.41) is 10.4. The molecule has 1 aromatic rings. The molecule has 6 heteroatoms. The van der Waals surface area contributed by atoms with Crippen LogP contribution in [0.2, 0.25) is 0 Å². The maximum Gasteiger partial charge on any atom is 0.251 e. The van der Waals surface area contributed by atoms with Crippen molar-refractivity contribution in [1.82, 2.24) is 5.32 Å². The van der Waals surface area contributed by atoms with E-state index in [1.54, 1.807) is 0 Å². The summed E-state index contributed by atoms with van der Waals surface area (Å²) in [5.41, 5.74) is 6.97. The number of amides is 1. The second-order valence-corrected chi connectivity index (χ2v) is 7.60. The minimum Gasteiger partial charge on any atom is -0.379 e. The summed E-state index contributed by atoms with van der Waals surface area (Å²) in [6.45, 7) is 0.758. The summed E-state index contributed by atoms with van der Waals surface area (Å²) < 4.78 is 0.926. The van der Waals surface area contributed by atoms with E-state index in [-0.39, 0.29) is 11.1 Å². The van der Waals surface area contributed by atoms with E-state index in [9.17, 15) is 4.79 Å². The van der Waals surface area contributed by atoms with Gasteiger partial charge in [0.2, 0.25) is 0 Å². The number of halogens is 1. The van der Waals surface area contributed by atoms with E-state index in [4.69, 9.17) is 11.1 Å². The maximum absolute atomic E-state index is 12.4. The van der Waals surface area contributed by atoms with Crippen LogP contribution in [0.15, 0.2) is 22.7 Å². The van der Waals surface area contributed by atoms with Crippen molar-refractivity contribution in [3.05, 3.63) is 33.8 Å². The number of nitrogens with one attached hydrogen (secondary N) is 2. The molecule has 4 N–H and O–H groups in total. The van der Waals surface area contributed by atoms with E-state index in [1.807, 2.05) is 18.2 Å². The Morgan fingerprint density at radius 1 is 1.36 bits per heavy atom. The Hall–Kier alpha value is -1.01. The van der Waals surface area contributed by atoms with Gasteiger partial charge in [0.25, 0.3) is 5.91 Å². The monoisotopic (exact) mass is 383 g/mol. The first-order chi connectivity index (χ1) is 10.6. The first-order valence-corrected chi connectivity index (χ1v) is 9.37. The molecule has 1 amide bonds. The number of rotatable bonds is 5. The molecule has 4 nitrogen and oxygen atoms in total. The number of carbonyl (C=O) groups excluding carboxylic acids is 1. The zero-order valence-electron chi connectivity index (χ0n) is 12.5.